The Labute approximate surface area is 77.0 Å². The number of rotatable bonds is 4. The standard InChI is InChI=1S/C7H15N3O3/c1-8-4-5(6(11)9-2)10-7(12)13-3/h5,8H,4H2,1-3H3,(H,9,11)(H,10,12). The minimum absolute atomic E-state index is 0.264. The molecule has 0 heterocycles. The molecule has 3 N–H and O–H groups in total. The Morgan fingerprint density at radius 2 is 2.00 bits per heavy atom. The molecule has 0 aromatic carbocycles. The maximum absolute atomic E-state index is 11.1. The maximum atomic E-state index is 11.1. The average Bonchev–Trinajstić information content (AvgIpc) is 2.15. The summed E-state index contributed by atoms with van der Waals surface area (Å²) in [5.41, 5.74) is 0. The predicted octanol–water partition coefficient (Wildman–Crippen LogP) is -1.32. The van der Waals surface area contributed by atoms with Gasteiger partial charge in [-0.15, -0.1) is 0 Å². The molecule has 76 valence electrons. The molecule has 0 aliphatic heterocycles. The van der Waals surface area contributed by atoms with Crippen LogP contribution in [-0.4, -0.2) is 45.8 Å². The van der Waals surface area contributed by atoms with E-state index >= 15 is 0 Å². The second-order valence-corrected chi connectivity index (χ2v) is 2.36. The normalized spacial score (nSPS) is 11.6. The van der Waals surface area contributed by atoms with Gasteiger partial charge >= 0.3 is 6.09 Å². The molecule has 0 spiro atoms. The van der Waals surface area contributed by atoms with Crippen molar-refractivity contribution in [3.8, 4) is 0 Å². The summed E-state index contributed by atoms with van der Waals surface area (Å²) in [7, 11) is 4.44. The molecule has 6 heteroatoms. The SMILES string of the molecule is CNCC(NC(=O)OC)C(=O)NC. The van der Waals surface area contributed by atoms with Crippen LogP contribution in [0.3, 0.4) is 0 Å². The Balaban J connectivity index is 4.08. The lowest BCUT2D eigenvalue weighted by molar-refractivity contribution is -0.122. The van der Waals surface area contributed by atoms with Crippen LogP contribution >= 0.6 is 0 Å². The molecule has 6 nitrogen and oxygen atoms in total. The largest absolute Gasteiger partial charge is 0.453 e. The van der Waals surface area contributed by atoms with Gasteiger partial charge in [-0.3, -0.25) is 4.79 Å². The molecular weight excluding hydrogens is 174 g/mol. The van der Waals surface area contributed by atoms with Gasteiger partial charge in [-0.05, 0) is 7.05 Å². The summed E-state index contributed by atoms with van der Waals surface area (Å²) in [6, 6.07) is -0.609. The summed E-state index contributed by atoms with van der Waals surface area (Å²) in [5.74, 6) is -0.264. The highest BCUT2D eigenvalue weighted by molar-refractivity contribution is 5.85. The second-order valence-electron chi connectivity index (χ2n) is 2.36. The van der Waals surface area contributed by atoms with Gasteiger partial charge in [-0.25, -0.2) is 4.79 Å². The molecule has 2 amide bonds. The van der Waals surface area contributed by atoms with E-state index in [2.05, 4.69) is 20.7 Å². The number of ether oxygens (including phenoxy) is 1. The Kier molecular flexibility index (Phi) is 5.62. The number of amides is 2. The van der Waals surface area contributed by atoms with Crippen molar-refractivity contribution in [3.05, 3.63) is 0 Å². The van der Waals surface area contributed by atoms with Crippen LogP contribution in [0, 0.1) is 0 Å². The van der Waals surface area contributed by atoms with Crippen molar-refractivity contribution in [1.82, 2.24) is 16.0 Å². The number of hydrogen-bond acceptors (Lipinski definition) is 4. The number of nitrogens with one attached hydrogen (secondary N) is 3. The molecule has 0 bridgehead atoms. The van der Waals surface area contributed by atoms with Gasteiger partial charge in [0.05, 0.1) is 7.11 Å². The van der Waals surface area contributed by atoms with E-state index in [0.29, 0.717) is 6.54 Å². The molecule has 0 aliphatic carbocycles. The lowest BCUT2D eigenvalue weighted by Gasteiger charge is -2.15. The van der Waals surface area contributed by atoms with Crippen LogP contribution in [0.1, 0.15) is 0 Å². The van der Waals surface area contributed by atoms with Gasteiger partial charge in [-0.1, -0.05) is 0 Å². The quantitative estimate of drug-likeness (QED) is 0.512. The minimum Gasteiger partial charge on any atom is -0.453 e. The summed E-state index contributed by atoms with van der Waals surface area (Å²) in [4.78, 5) is 21.9. The van der Waals surface area contributed by atoms with Crippen LogP contribution in [0.2, 0.25) is 0 Å². The van der Waals surface area contributed by atoms with Crippen molar-refractivity contribution in [2.45, 2.75) is 6.04 Å². The van der Waals surface area contributed by atoms with Gasteiger partial charge in [0.1, 0.15) is 6.04 Å². The number of likely N-dealkylation sites (N-methyl/N-ethyl adjacent to an activating group) is 2. The van der Waals surface area contributed by atoms with E-state index in [0.717, 1.165) is 0 Å². The summed E-state index contributed by atoms with van der Waals surface area (Å²) in [6.07, 6.45) is -0.621. The van der Waals surface area contributed by atoms with Crippen LogP contribution in [0.15, 0.2) is 0 Å². The third-order valence-electron chi connectivity index (χ3n) is 1.45. The lowest BCUT2D eigenvalue weighted by Crippen LogP contribution is -2.50. The number of alkyl carbamates (subject to hydrolysis) is 1. The molecular formula is C7H15N3O3. The average molecular weight is 189 g/mol. The molecule has 1 unspecified atom stereocenters. The van der Waals surface area contributed by atoms with Crippen molar-refractivity contribution in [2.75, 3.05) is 27.7 Å². The van der Waals surface area contributed by atoms with Crippen molar-refractivity contribution in [2.24, 2.45) is 0 Å². The number of carbonyl (C=O) groups is 2. The van der Waals surface area contributed by atoms with E-state index in [1.54, 1.807) is 7.05 Å². The van der Waals surface area contributed by atoms with Crippen LogP contribution < -0.4 is 16.0 Å². The minimum atomic E-state index is -0.621. The first-order chi connectivity index (χ1) is 6.15. The zero-order valence-corrected chi connectivity index (χ0v) is 8.01. The Bertz CT molecular complexity index is 184. The van der Waals surface area contributed by atoms with E-state index < -0.39 is 12.1 Å². The zero-order valence-electron chi connectivity index (χ0n) is 8.01. The fraction of sp³-hybridized carbons (Fsp3) is 0.714. The fourth-order valence-electron chi connectivity index (χ4n) is 0.789. The fourth-order valence-corrected chi connectivity index (χ4v) is 0.789. The molecule has 0 saturated carbocycles. The Morgan fingerprint density at radius 3 is 2.38 bits per heavy atom. The molecule has 0 rings (SSSR count). The summed E-state index contributed by atoms with van der Waals surface area (Å²) >= 11 is 0. The first-order valence-corrected chi connectivity index (χ1v) is 3.86. The summed E-state index contributed by atoms with van der Waals surface area (Å²) in [5, 5.41) is 7.59. The number of carbonyl (C=O) groups excluding carboxylic acids is 2. The van der Waals surface area contributed by atoms with Crippen LogP contribution in [0.4, 0.5) is 4.79 Å². The topological polar surface area (TPSA) is 79.5 Å². The first kappa shape index (κ1) is 11.7. The number of hydrogen-bond donors (Lipinski definition) is 3. The van der Waals surface area contributed by atoms with Crippen molar-refractivity contribution in [1.29, 1.82) is 0 Å². The predicted molar refractivity (Wildman–Crippen MR) is 47.3 cm³/mol. The second kappa shape index (κ2) is 6.24. The zero-order chi connectivity index (χ0) is 10.3. The van der Waals surface area contributed by atoms with Crippen LogP contribution in [0.25, 0.3) is 0 Å². The maximum Gasteiger partial charge on any atom is 0.407 e. The van der Waals surface area contributed by atoms with Crippen molar-refractivity contribution in [3.63, 3.8) is 0 Å². The molecule has 0 saturated heterocycles. The monoisotopic (exact) mass is 189 g/mol. The van der Waals surface area contributed by atoms with Gasteiger partial charge in [0, 0.05) is 13.6 Å². The van der Waals surface area contributed by atoms with Gasteiger partial charge < -0.3 is 20.7 Å². The molecule has 0 fully saturated rings. The van der Waals surface area contributed by atoms with E-state index in [1.165, 1.54) is 14.2 Å². The van der Waals surface area contributed by atoms with E-state index in [9.17, 15) is 9.59 Å². The molecule has 1 atom stereocenters. The van der Waals surface area contributed by atoms with Gasteiger partial charge in [0.25, 0.3) is 0 Å². The summed E-state index contributed by atoms with van der Waals surface area (Å²) in [6.45, 7) is 0.356. The first-order valence-electron chi connectivity index (χ1n) is 3.86. The van der Waals surface area contributed by atoms with Gasteiger partial charge in [-0.2, -0.15) is 0 Å². The molecule has 13 heavy (non-hydrogen) atoms. The molecule has 0 aromatic rings. The molecule has 0 aromatic heterocycles. The third kappa shape index (κ3) is 4.32. The van der Waals surface area contributed by atoms with E-state index in [4.69, 9.17) is 0 Å². The lowest BCUT2D eigenvalue weighted by atomic mass is 10.3. The third-order valence-corrected chi connectivity index (χ3v) is 1.45. The summed E-state index contributed by atoms with van der Waals surface area (Å²) < 4.78 is 4.36. The highest BCUT2D eigenvalue weighted by atomic mass is 16.5. The molecule has 0 aliphatic rings. The number of methoxy groups -OCH3 is 1. The smallest absolute Gasteiger partial charge is 0.407 e. The van der Waals surface area contributed by atoms with Crippen molar-refractivity contribution >= 4 is 12.0 Å². The highest BCUT2D eigenvalue weighted by Crippen LogP contribution is 1.83. The molecule has 0 radical (unpaired) electrons. The Morgan fingerprint density at radius 1 is 1.38 bits per heavy atom. The van der Waals surface area contributed by atoms with Gasteiger partial charge in [0.2, 0.25) is 5.91 Å². The van der Waals surface area contributed by atoms with E-state index in [1.807, 2.05) is 0 Å². The van der Waals surface area contributed by atoms with Crippen LogP contribution in [-0.2, 0) is 9.53 Å². The van der Waals surface area contributed by atoms with Gasteiger partial charge in [0.15, 0.2) is 0 Å². The van der Waals surface area contributed by atoms with Crippen LogP contribution in [0.5, 0.6) is 0 Å². The van der Waals surface area contributed by atoms with E-state index in [-0.39, 0.29) is 5.91 Å². The van der Waals surface area contributed by atoms with Crippen molar-refractivity contribution < 1.29 is 14.3 Å². The highest BCUT2D eigenvalue weighted by Gasteiger charge is 2.18. The Hall–Kier alpha value is -1.30.